The molecule has 2 aromatic rings. The second-order valence-electron chi connectivity index (χ2n) is 3.11. The lowest BCUT2D eigenvalue weighted by Gasteiger charge is -1.91. The molecule has 2 nitrogen and oxygen atoms in total. The van der Waals surface area contributed by atoms with Gasteiger partial charge in [-0.1, -0.05) is 28.1 Å². The molecule has 0 heterocycles. The van der Waals surface area contributed by atoms with Gasteiger partial charge in [-0.05, 0) is 59.0 Å². The lowest BCUT2D eigenvalue weighted by atomic mass is 10.2. The third-order valence-electron chi connectivity index (χ3n) is 1.87. The van der Waals surface area contributed by atoms with Crippen LogP contribution < -0.4 is 0 Å². The maximum Gasteiger partial charge on any atom is 0.153 e. The van der Waals surface area contributed by atoms with E-state index in [4.69, 9.17) is 5.11 Å². The van der Waals surface area contributed by atoms with Crippen LogP contribution in [-0.4, -0.2) is 11.4 Å². The maximum absolute atomic E-state index is 10.1. The van der Waals surface area contributed by atoms with Gasteiger partial charge < -0.3 is 5.11 Å². The molecule has 0 aliphatic rings. The van der Waals surface area contributed by atoms with Crippen LogP contribution in [0.4, 0.5) is 0 Å². The first-order valence-electron chi connectivity index (χ1n) is 4.77. The van der Waals surface area contributed by atoms with Crippen molar-refractivity contribution < 1.29 is 9.90 Å². The third kappa shape index (κ3) is 5.32. The van der Waals surface area contributed by atoms with E-state index in [1.165, 1.54) is 9.64 Å². The van der Waals surface area contributed by atoms with Gasteiger partial charge in [0, 0.05) is 8.04 Å². The number of aromatic hydroxyl groups is 1. The first-order chi connectivity index (χ1) is 8.13. The van der Waals surface area contributed by atoms with Crippen LogP contribution in [0.3, 0.4) is 0 Å². The van der Waals surface area contributed by atoms with Crippen molar-refractivity contribution in [2.45, 2.75) is 0 Å². The van der Waals surface area contributed by atoms with Crippen molar-refractivity contribution in [3.05, 3.63) is 62.1 Å². The molecule has 0 fully saturated rings. The van der Waals surface area contributed by atoms with Crippen LogP contribution in [0, 0.1) is 3.57 Å². The second kappa shape index (κ2) is 7.45. The highest BCUT2D eigenvalue weighted by Gasteiger charge is 1.93. The number of hydrogen-bond donors (Lipinski definition) is 1. The van der Waals surface area contributed by atoms with Crippen molar-refractivity contribution in [3.63, 3.8) is 0 Å². The van der Waals surface area contributed by atoms with Crippen LogP contribution in [-0.2, 0) is 0 Å². The number of aldehydes is 1. The molecule has 0 aliphatic heterocycles. The zero-order chi connectivity index (χ0) is 12.7. The zero-order valence-corrected chi connectivity index (χ0v) is 12.6. The average Bonchev–Trinajstić information content (AvgIpc) is 2.34. The van der Waals surface area contributed by atoms with Gasteiger partial charge in [-0.3, -0.25) is 4.79 Å². The molecule has 0 spiro atoms. The van der Waals surface area contributed by atoms with Gasteiger partial charge in [0.25, 0.3) is 0 Å². The standard InChI is InChI=1S/C7H6O2.C6H4BrI/c8-5-6-3-1-2-4-7(6)9;7-5-1-3-6(8)4-2-5/h1-5,9H;1-4H. The summed E-state index contributed by atoms with van der Waals surface area (Å²) in [5, 5.41) is 8.88. The fraction of sp³-hybridized carbons (Fsp3) is 0. The Hall–Kier alpha value is -0.880. The Kier molecular flexibility index (Phi) is 6.21. The molecule has 2 aromatic carbocycles. The van der Waals surface area contributed by atoms with Gasteiger partial charge in [-0.15, -0.1) is 0 Å². The van der Waals surface area contributed by atoms with E-state index < -0.39 is 0 Å². The summed E-state index contributed by atoms with van der Waals surface area (Å²) in [6, 6.07) is 14.6. The van der Waals surface area contributed by atoms with E-state index in [2.05, 4.69) is 50.7 Å². The number of phenols is 1. The maximum atomic E-state index is 10.1. The van der Waals surface area contributed by atoms with Crippen molar-refractivity contribution in [1.29, 1.82) is 0 Å². The Morgan fingerprint density at radius 3 is 2.06 bits per heavy atom. The highest BCUT2D eigenvalue weighted by atomic mass is 127. The summed E-state index contributed by atoms with van der Waals surface area (Å²) < 4.78 is 2.41. The summed E-state index contributed by atoms with van der Waals surface area (Å²) in [4.78, 5) is 10.1. The van der Waals surface area contributed by atoms with Gasteiger partial charge in [0.2, 0.25) is 0 Å². The minimum Gasteiger partial charge on any atom is -0.507 e. The summed E-state index contributed by atoms with van der Waals surface area (Å²) in [7, 11) is 0. The Bertz CT molecular complexity index is 462. The van der Waals surface area contributed by atoms with Gasteiger partial charge in [-0.2, -0.15) is 0 Å². The van der Waals surface area contributed by atoms with Gasteiger partial charge in [-0.25, -0.2) is 0 Å². The summed E-state index contributed by atoms with van der Waals surface area (Å²) >= 11 is 5.62. The highest BCUT2D eigenvalue weighted by Crippen LogP contribution is 2.12. The minimum absolute atomic E-state index is 0.0347. The molecular formula is C13H10BrIO2. The number of carbonyl (C=O) groups excluding carboxylic acids is 1. The fourth-order valence-electron chi connectivity index (χ4n) is 1.02. The first-order valence-corrected chi connectivity index (χ1v) is 6.65. The Labute approximate surface area is 122 Å². The number of para-hydroxylation sites is 1. The average molecular weight is 405 g/mol. The van der Waals surface area contributed by atoms with Gasteiger partial charge in [0.15, 0.2) is 6.29 Å². The Balaban J connectivity index is 0.000000171. The molecule has 0 atom stereocenters. The topological polar surface area (TPSA) is 37.3 Å². The fourth-order valence-corrected chi connectivity index (χ4v) is 1.64. The lowest BCUT2D eigenvalue weighted by molar-refractivity contribution is 0.112. The number of hydrogen-bond acceptors (Lipinski definition) is 2. The summed E-state index contributed by atoms with van der Waals surface area (Å²) in [6.45, 7) is 0. The third-order valence-corrected chi connectivity index (χ3v) is 3.12. The molecule has 0 unspecified atom stereocenters. The zero-order valence-electron chi connectivity index (χ0n) is 8.81. The van der Waals surface area contributed by atoms with Crippen LogP contribution in [0.5, 0.6) is 5.75 Å². The number of rotatable bonds is 1. The normalized spacial score (nSPS) is 9.06. The van der Waals surface area contributed by atoms with Crippen LogP contribution in [0.2, 0.25) is 0 Å². The molecule has 17 heavy (non-hydrogen) atoms. The summed E-state index contributed by atoms with van der Waals surface area (Å²) in [6.07, 6.45) is 0.620. The number of carbonyl (C=O) groups is 1. The highest BCUT2D eigenvalue weighted by molar-refractivity contribution is 14.1. The Morgan fingerprint density at radius 2 is 1.65 bits per heavy atom. The smallest absolute Gasteiger partial charge is 0.153 e. The number of halogens is 2. The van der Waals surface area contributed by atoms with Crippen LogP contribution >= 0.6 is 38.5 Å². The molecule has 0 bridgehead atoms. The van der Waals surface area contributed by atoms with E-state index in [1.54, 1.807) is 18.2 Å². The minimum atomic E-state index is 0.0347. The second-order valence-corrected chi connectivity index (χ2v) is 5.27. The number of benzene rings is 2. The molecule has 0 aromatic heterocycles. The van der Waals surface area contributed by atoms with Crippen molar-refractivity contribution in [3.8, 4) is 5.75 Å². The van der Waals surface area contributed by atoms with E-state index in [0.717, 1.165) is 4.47 Å². The van der Waals surface area contributed by atoms with E-state index in [9.17, 15) is 4.79 Å². The molecule has 88 valence electrons. The van der Waals surface area contributed by atoms with E-state index >= 15 is 0 Å². The van der Waals surface area contributed by atoms with Crippen LogP contribution in [0.25, 0.3) is 0 Å². The van der Waals surface area contributed by atoms with Crippen LogP contribution in [0.1, 0.15) is 10.4 Å². The molecule has 0 saturated carbocycles. The van der Waals surface area contributed by atoms with Gasteiger partial charge in [0.1, 0.15) is 5.75 Å². The molecule has 0 saturated heterocycles. The predicted octanol–water partition coefficient (Wildman–Crippen LogP) is 4.26. The van der Waals surface area contributed by atoms with Crippen molar-refractivity contribution in [2.24, 2.45) is 0 Å². The quantitative estimate of drug-likeness (QED) is 0.569. The van der Waals surface area contributed by atoms with Crippen LogP contribution in [0.15, 0.2) is 53.0 Å². The predicted molar refractivity (Wildman–Crippen MR) is 80.4 cm³/mol. The van der Waals surface area contributed by atoms with E-state index in [-0.39, 0.29) is 5.75 Å². The summed E-state index contributed by atoms with van der Waals surface area (Å²) in [5.41, 5.74) is 0.331. The van der Waals surface area contributed by atoms with E-state index in [0.29, 0.717) is 11.8 Å². The SMILES string of the molecule is Brc1ccc(I)cc1.O=Cc1ccccc1O. The van der Waals surface area contributed by atoms with E-state index in [1.807, 2.05) is 12.1 Å². The lowest BCUT2D eigenvalue weighted by Crippen LogP contribution is -1.77. The molecular weight excluding hydrogens is 395 g/mol. The summed E-state index contributed by atoms with van der Waals surface area (Å²) in [5.74, 6) is 0.0347. The van der Waals surface area contributed by atoms with Gasteiger partial charge in [0.05, 0.1) is 5.56 Å². The molecule has 0 aliphatic carbocycles. The monoisotopic (exact) mass is 404 g/mol. The first kappa shape index (κ1) is 14.2. The number of phenolic OH excluding ortho intramolecular Hbond substituents is 1. The van der Waals surface area contributed by atoms with Crippen molar-refractivity contribution in [2.75, 3.05) is 0 Å². The molecule has 4 heteroatoms. The molecule has 0 amide bonds. The molecule has 0 radical (unpaired) electrons. The molecule has 1 N–H and O–H groups in total. The van der Waals surface area contributed by atoms with Gasteiger partial charge >= 0.3 is 0 Å². The Morgan fingerprint density at radius 1 is 1.06 bits per heavy atom. The largest absolute Gasteiger partial charge is 0.507 e. The van der Waals surface area contributed by atoms with Crippen molar-refractivity contribution in [1.82, 2.24) is 0 Å². The molecule has 2 rings (SSSR count). The van der Waals surface area contributed by atoms with Crippen molar-refractivity contribution >= 4 is 44.8 Å².